The van der Waals surface area contributed by atoms with E-state index in [1.807, 2.05) is 31.2 Å². The molecule has 1 aromatic carbocycles. The van der Waals surface area contributed by atoms with Gasteiger partial charge in [-0.15, -0.1) is 0 Å². The number of aromatic nitrogens is 1. The molecule has 0 bridgehead atoms. The van der Waals surface area contributed by atoms with Crippen molar-refractivity contribution in [2.24, 2.45) is 0 Å². The fraction of sp³-hybridized carbons (Fsp3) is 0.143. The molecule has 2 aromatic rings. The van der Waals surface area contributed by atoms with E-state index in [9.17, 15) is 4.79 Å². The van der Waals surface area contributed by atoms with Gasteiger partial charge in [-0.2, -0.15) is 0 Å². The van der Waals surface area contributed by atoms with Crippen molar-refractivity contribution in [1.82, 2.24) is 4.98 Å². The molecule has 0 atom stereocenters. The Morgan fingerprint density at radius 3 is 2.59 bits per heavy atom. The van der Waals surface area contributed by atoms with Crippen LogP contribution in [0, 0.1) is 6.92 Å². The molecule has 17 heavy (non-hydrogen) atoms. The average molecular weight is 226 g/mol. The van der Waals surface area contributed by atoms with E-state index in [2.05, 4.69) is 16.4 Å². The van der Waals surface area contributed by atoms with Crippen molar-refractivity contribution < 1.29 is 4.79 Å². The quantitative estimate of drug-likeness (QED) is 0.816. The summed E-state index contributed by atoms with van der Waals surface area (Å²) >= 11 is 0. The lowest BCUT2D eigenvalue weighted by molar-refractivity contribution is 0.101. The number of aryl methyl sites for hydroxylation is 1. The van der Waals surface area contributed by atoms with Crippen molar-refractivity contribution in [1.29, 1.82) is 0 Å². The molecule has 0 aliphatic carbocycles. The third-order valence-corrected chi connectivity index (χ3v) is 2.43. The predicted octanol–water partition coefficient (Wildman–Crippen LogP) is 3.34. The number of carbonyl (C=O) groups is 1. The van der Waals surface area contributed by atoms with Gasteiger partial charge in [0.05, 0.1) is 11.9 Å². The maximum absolute atomic E-state index is 11.1. The van der Waals surface area contributed by atoms with Gasteiger partial charge in [-0.1, -0.05) is 12.1 Å². The van der Waals surface area contributed by atoms with E-state index in [4.69, 9.17) is 0 Å². The zero-order valence-corrected chi connectivity index (χ0v) is 9.90. The summed E-state index contributed by atoms with van der Waals surface area (Å²) in [5.74, 6) is -0.0212. The molecule has 0 fully saturated rings. The van der Waals surface area contributed by atoms with Gasteiger partial charge in [0, 0.05) is 12.6 Å². The highest BCUT2D eigenvalue weighted by Gasteiger charge is 2.00. The van der Waals surface area contributed by atoms with E-state index in [1.165, 1.54) is 12.5 Å². The molecule has 3 nitrogen and oxygen atoms in total. The molecular formula is C14H14N2O. The van der Waals surface area contributed by atoms with Crippen LogP contribution in [0.1, 0.15) is 23.0 Å². The van der Waals surface area contributed by atoms with Gasteiger partial charge in [0.1, 0.15) is 5.69 Å². The van der Waals surface area contributed by atoms with Gasteiger partial charge < -0.3 is 5.32 Å². The number of pyridine rings is 1. The number of hydrogen-bond acceptors (Lipinski definition) is 3. The minimum absolute atomic E-state index is 0.0212. The highest BCUT2D eigenvalue weighted by molar-refractivity contribution is 5.92. The lowest BCUT2D eigenvalue weighted by Gasteiger charge is -2.06. The molecule has 0 saturated carbocycles. The topological polar surface area (TPSA) is 42.0 Å². The largest absolute Gasteiger partial charge is 0.354 e. The molecule has 0 radical (unpaired) electrons. The van der Waals surface area contributed by atoms with Crippen LogP contribution >= 0.6 is 0 Å². The monoisotopic (exact) mass is 226 g/mol. The second-order valence-corrected chi connectivity index (χ2v) is 3.98. The first kappa shape index (κ1) is 11.3. The molecule has 2 rings (SSSR count). The average Bonchev–Trinajstić information content (AvgIpc) is 2.29. The Hall–Kier alpha value is -2.16. The number of nitrogens with zero attached hydrogens (tertiary/aromatic N) is 1. The molecule has 1 N–H and O–H groups in total. The van der Waals surface area contributed by atoms with Crippen LogP contribution in [0.3, 0.4) is 0 Å². The van der Waals surface area contributed by atoms with E-state index >= 15 is 0 Å². The molecule has 0 spiro atoms. The molecule has 1 aromatic heterocycles. The summed E-state index contributed by atoms with van der Waals surface area (Å²) < 4.78 is 0. The Bertz CT molecular complexity index is 532. The summed E-state index contributed by atoms with van der Waals surface area (Å²) in [6, 6.07) is 11.7. The minimum atomic E-state index is -0.0212. The fourth-order valence-corrected chi connectivity index (χ4v) is 1.57. The number of ketones is 1. The van der Waals surface area contributed by atoms with E-state index in [-0.39, 0.29) is 5.78 Å². The first-order valence-corrected chi connectivity index (χ1v) is 5.46. The third kappa shape index (κ3) is 2.91. The lowest BCUT2D eigenvalue weighted by Crippen LogP contribution is -1.97. The second-order valence-electron chi connectivity index (χ2n) is 3.98. The summed E-state index contributed by atoms with van der Waals surface area (Å²) in [5.41, 5.74) is 3.58. The maximum Gasteiger partial charge on any atom is 0.178 e. The van der Waals surface area contributed by atoms with Gasteiger partial charge in [0.15, 0.2) is 5.78 Å². The number of rotatable bonds is 3. The zero-order chi connectivity index (χ0) is 12.3. The number of anilines is 2. The highest BCUT2D eigenvalue weighted by atomic mass is 16.1. The molecule has 0 aliphatic heterocycles. The van der Waals surface area contributed by atoms with Crippen LogP contribution in [-0.2, 0) is 0 Å². The zero-order valence-electron chi connectivity index (χ0n) is 9.90. The third-order valence-electron chi connectivity index (χ3n) is 2.43. The Morgan fingerprint density at radius 2 is 2.00 bits per heavy atom. The molecule has 3 heteroatoms. The summed E-state index contributed by atoms with van der Waals surface area (Å²) in [4.78, 5) is 15.2. The fourth-order valence-electron chi connectivity index (χ4n) is 1.57. The second kappa shape index (κ2) is 4.78. The normalized spacial score (nSPS) is 10.0. The Morgan fingerprint density at radius 1 is 1.18 bits per heavy atom. The molecule has 0 unspecified atom stereocenters. The lowest BCUT2D eigenvalue weighted by atomic mass is 10.2. The molecule has 0 aliphatic rings. The highest BCUT2D eigenvalue weighted by Crippen LogP contribution is 2.16. The smallest absolute Gasteiger partial charge is 0.178 e. The van der Waals surface area contributed by atoms with Crippen LogP contribution in [-0.4, -0.2) is 10.8 Å². The van der Waals surface area contributed by atoms with Gasteiger partial charge in [-0.05, 0) is 36.8 Å². The number of benzene rings is 1. The van der Waals surface area contributed by atoms with E-state index in [0.29, 0.717) is 5.69 Å². The minimum Gasteiger partial charge on any atom is -0.354 e. The first-order valence-electron chi connectivity index (χ1n) is 5.46. The molecule has 1 heterocycles. The van der Waals surface area contributed by atoms with Gasteiger partial charge in [-0.25, -0.2) is 0 Å². The summed E-state index contributed by atoms with van der Waals surface area (Å²) in [6.07, 6.45) is 1.67. The van der Waals surface area contributed by atoms with Gasteiger partial charge in [-0.3, -0.25) is 9.78 Å². The Labute approximate surface area is 101 Å². The van der Waals surface area contributed by atoms with Crippen molar-refractivity contribution in [3.05, 3.63) is 53.9 Å². The number of hydrogen-bond donors (Lipinski definition) is 1. The summed E-state index contributed by atoms with van der Waals surface area (Å²) in [5, 5.41) is 3.24. The van der Waals surface area contributed by atoms with Crippen LogP contribution in [0.15, 0.2) is 42.6 Å². The molecule has 86 valence electrons. The number of nitrogens with one attached hydrogen (secondary N) is 1. The van der Waals surface area contributed by atoms with Crippen LogP contribution in [0.2, 0.25) is 0 Å². The van der Waals surface area contributed by atoms with E-state index < -0.39 is 0 Å². The predicted molar refractivity (Wildman–Crippen MR) is 68.7 cm³/mol. The summed E-state index contributed by atoms with van der Waals surface area (Å²) in [7, 11) is 0. The van der Waals surface area contributed by atoms with Gasteiger partial charge in [0.2, 0.25) is 0 Å². The van der Waals surface area contributed by atoms with Crippen LogP contribution in [0.5, 0.6) is 0 Å². The Balaban J connectivity index is 2.16. The maximum atomic E-state index is 11.1. The number of Topliss-reactive ketones (excluding diaryl/α,β-unsaturated/α-hetero) is 1. The van der Waals surface area contributed by atoms with Crippen molar-refractivity contribution >= 4 is 17.2 Å². The summed E-state index contributed by atoms with van der Waals surface area (Å²) in [6.45, 7) is 3.55. The van der Waals surface area contributed by atoms with Gasteiger partial charge in [0.25, 0.3) is 0 Å². The molecule has 0 saturated heterocycles. The first-order chi connectivity index (χ1) is 8.15. The standard InChI is InChI=1S/C14H14N2O/c1-10-4-3-5-12(8-10)16-13-6-7-14(11(2)17)15-9-13/h3-9,16H,1-2H3. The van der Waals surface area contributed by atoms with Gasteiger partial charge >= 0.3 is 0 Å². The van der Waals surface area contributed by atoms with Crippen LogP contribution < -0.4 is 5.32 Å². The number of carbonyl (C=O) groups excluding carboxylic acids is 1. The van der Waals surface area contributed by atoms with Crippen molar-refractivity contribution in [2.75, 3.05) is 5.32 Å². The van der Waals surface area contributed by atoms with Crippen molar-refractivity contribution in [3.8, 4) is 0 Å². The van der Waals surface area contributed by atoms with E-state index in [1.54, 1.807) is 12.3 Å². The SMILES string of the molecule is CC(=O)c1ccc(Nc2cccc(C)c2)cn1. The molecule has 0 amide bonds. The van der Waals surface area contributed by atoms with Crippen molar-refractivity contribution in [3.63, 3.8) is 0 Å². The van der Waals surface area contributed by atoms with E-state index in [0.717, 1.165) is 11.4 Å². The van der Waals surface area contributed by atoms with Crippen LogP contribution in [0.4, 0.5) is 11.4 Å². The Kier molecular flexibility index (Phi) is 3.19. The van der Waals surface area contributed by atoms with Crippen LogP contribution in [0.25, 0.3) is 0 Å². The van der Waals surface area contributed by atoms with Crippen molar-refractivity contribution in [2.45, 2.75) is 13.8 Å². The molecular weight excluding hydrogens is 212 g/mol.